The van der Waals surface area contributed by atoms with Gasteiger partial charge in [-0.2, -0.15) is 0 Å². The molecule has 16 heteroatoms. The molecular formula is C74H112N4O12. The predicted molar refractivity (Wildman–Crippen MR) is 361 cm³/mol. The van der Waals surface area contributed by atoms with Gasteiger partial charge in [-0.05, 0) is 148 Å². The highest BCUT2D eigenvalue weighted by Crippen LogP contribution is 2.42. The van der Waals surface area contributed by atoms with Crippen molar-refractivity contribution in [2.24, 2.45) is 58.2 Å². The fourth-order valence-corrected chi connectivity index (χ4v) is 11.8. The summed E-state index contributed by atoms with van der Waals surface area (Å²) in [6.45, 7) is 36.9. The summed E-state index contributed by atoms with van der Waals surface area (Å²) >= 11 is 0. The van der Waals surface area contributed by atoms with Crippen LogP contribution in [0.25, 0.3) is 0 Å². The third-order valence-corrected chi connectivity index (χ3v) is 16.1. The zero-order valence-electron chi connectivity index (χ0n) is 57.7. The molecule has 90 heavy (non-hydrogen) atoms. The first-order valence-electron chi connectivity index (χ1n) is 32.4. The van der Waals surface area contributed by atoms with Crippen molar-refractivity contribution >= 4 is 47.5 Å². The smallest absolute Gasteiger partial charge is 0.314 e. The van der Waals surface area contributed by atoms with E-state index < -0.39 is 59.0 Å². The second kappa shape index (κ2) is 39.2. The second-order valence-electron chi connectivity index (χ2n) is 28.1. The number of carbonyl (C=O) groups excluding carboxylic acids is 6. The van der Waals surface area contributed by atoms with Gasteiger partial charge in [0, 0.05) is 51.9 Å². The fourth-order valence-electron chi connectivity index (χ4n) is 11.8. The van der Waals surface area contributed by atoms with Gasteiger partial charge >= 0.3 is 35.9 Å². The van der Waals surface area contributed by atoms with Gasteiger partial charge in [-0.3, -0.25) is 28.8 Å². The number of urea groups is 2. The maximum Gasteiger partial charge on any atom is 0.314 e. The van der Waals surface area contributed by atoms with Crippen LogP contribution in [0.3, 0.4) is 0 Å². The van der Waals surface area contributed by atoms with E-state index in [2.05, 4.69) is 21.3 Å². The number of amides is 4. The number of hydrogen-bond donors (Lipinski definition) is 6. The molecule has 2 aliphatic carbocycles. The van der Waals surface area contributed by atoms with Gasteiger partial charge in [0.05, 0.1) is 12.8 Å². The van der Waals surface area contributed by atoms with Crippen molar-refractivity contribution in [3.8, 4) is 0 Å². The molecule has 0 aromatic rings. The van der Waals surface area contributed by atoms with E-state index in [1.807, 2.05) is 196 Å². The van der Waals surface area contributed by atoms with Gasteiger partial charge in [0.25, 0.3) is 0 Å². The summed E-state index contributed by atoms with van der Waals surface area (Å²) in [4.78, 5) is 102. The molecule has 6 atom stereocenters. The number of carboxylic acid groups (broad SMARTS) is 2. The summed E-state index contributed by atoms with van der Waals surface area (Å²) < 4.78 is 11.7. The topological polar surface area (TPSA) is 244 Å². The van der Waals surface area contributed by atoms with Crippen LogP contribution in [0.15, 0.2) is 130 Å². The highest BCUT2D eigenvalue weighted by Gasteiger charge is 2.41. The van der Waals surface area contributed by atoms with E-state index in [9.17, 15) is 48.6 Å². The van der Waals surface area contributed by atoms with Crippen LogP contribution in [0.5, 0.6) is 0 Å². The largest absolute Gasteiger partial charge is 0.481 e. The fraction of sp³-hybridized carbons (Fsp3) is 0.595. The van der Waals surface area contributed by atoms with Crippen LogP contribution in [0, 0.1) is 58.2 Å². The van der Waals surface area contributed by atoms with Crippen molar-refractivity contribution in [3.63, 3.8) is 0 Å². The standard InChI is InChI=1S/C74H112N4O12/c1-47(2)33-57(37-65(79)80)43-75-71(87)77-45-59(35-49(5)6)39-67(83)89-63-41-73(15,16)61(55(13)69(63)85)31-29-53(11)27-21-25-51(9)23-19-20-24-52(10)26-22-28-54(12)30-32-62-56(14)70(86)64(42-74(62,17)18)90-68(84)40-60(36-50(7)8)46-78-72(88)76-44-58(34-48(3)4)38-66(81)82/h19-32,47-50,57-60,63-64H,33-46H2,1-18H3,(H,79,80)(H,81,82)(H2,75,77,87)(H2,76,78,88)/b20-19+,25-21+,26-22+,31-29+,32-30+,51-23+,52-24+,53-27+,54-28+. The van der Waals surface area contributed by atoms with Gasteiger partial charge in [-0.1, -0.05) is 190 Å². The van der Waals surface area contributed by atoms with Gasteiger partial charge in [0.15, 0.2) is 23.8 Å². The Morgan fingerprint density at radius 2 is 0.722 bits per heavy atom. The Morgan fingerprint density at radius 1 is 0.456 bits per heavy atom. The molecule has 2 aliphatic rings. The summed E-state index contributed by atoms with van der Waals surface area (Å²) in [5.41, 5.74) is 6.06. The summed E-state index contributed by atoms with van der Waals surface area (Å²) in [6, 6.07) is -0.833. The first kappa shape index (κ1) is 79.0. The molecule has 0 spiro atoms. The van der Waals surface area contributed by atoms with Crippen LogP contribution in [0.1, 0.15) is 189 Å². The highest BCUT2D eigenvalue weighted by atomic mass is 16.6. The molecule has 4 amide bonds. The van der Waals surface area contributed by atoms with Gasteiger partial charge in [-0.25, -0.2) is 9.59 Å². The van der Waals surface area contributed by atoms with E-state index in [-0.39, 0.29) is 111 Å². The number of ether oxygens (including phenoxy) is 2. The lowest BCUT2D eigenvalue weighted by atomic mass is 9.71. The van der Waals surface area contributed by atoms with E-state index in [4.69, 9.17) is 9.47 Å². The lowest BCUT2D eigenvalue weighted by Crippen LogP contribution is -2.42. The molecular weight excluding hydrogens is 1140 g/mol. The zero-order chi connectivity index (χ0) is 68.1. The normalized spacial score (nSPS) is 19.3. The van der Waals surface area contributed by atoms with Crippen LogP contribution in [-0.2, 0) is 38.2 Å². The first-order valence-corrected chi connectivity index (χ1v) is 32.4. The van der Waals surface area contributed by atoms with Gasteiger partial charge in [-0.15, -0.1) is 0 Å². The van der Waals surface area contributed by atoms with Crippen LogP contribution in [0.2, 0.25) is 0 Å². The average molecular weight is 1250 g/mol. The predicted octanol–water partition coefficient (Wildman–Crippen LogP) is 15.0. The van der Waals surface area contributed by atoms with Crippen molar-refractivity contribution < 1.29 is 58.0 Å². The number of carbonyl (C=O) groups is 8. The van der Waals surface area contributed by atoms with Crippen LogP contribution in [0.4, 0.5) is 9.59 Å². The third kappa shape index (κ3) is 31.6. The van der Waals surface area contributed by atoms with Crippen molar-refractivity contribution in [2.75, 3.05) is 26.2 Å². The zero-order valence-corrected chi connectivity index (χ0v) is 57.7. The molecule has 0 fully saturated rings. The molecule has 0 saturated carbocycles. The number of hydrogen-bond acceptors (Lipinski definition) is 10. The van der Waals surface area contributed by atoms with Crippen molar-refractivity contribution in [1.29, 1.82) is 0 Å². The SMILES string of the molecule is CC1=C(/C=C/C(C)=C/C=C/C(C)=C/C=C/C=C(C)/C=C/C=C(C)/C=C/C2=C(C)C(=O)C(OC(=O)CC(CNC(=O)NCC(CC(=O)O)CC(C)C)CC(C)C)CC2(C)C)C(C)(C)CC(OC(=O)CC(CNC(=O)NCC(CC(=O)O)CC(C)C)CC(C)C)C1=O. The molecule has 0 bridgehead atoms. The number of allylic oxidation sites excluding steroid dienone is 20. The minimum Gasteiger partial charge on any atom is -0.481 e. The van der Waals surface area contributed by atoms with Gasteiger partial charge < -0.3 is 41.0 Å². The molecule has 6 N–H and O–H groups in total. The number of nitrogens with one attached hydrogen (secondary N) is 4. The first-order chi connectivity index (χ1) is 42.0. The number of carboxylic acids is 2. The summed E-state index contributed by atoms with van der Waals surface area (Å²) in [5, 5.41) is 29.9. The second-order valence-corrected chi connectivity index (χ2v) is 28.1. The number of rotatable bonds is 36. The Kier molecular flexibility index (Phi) is 34.4. The Bertz CT molecular complexity index is 2640. The number of esters is 2. The highest BCUT2D eigenvalue weighted by molar-refractivity contribution is 6.02. The van der Waals surface area contributed by atoms with Crippen LogP contribution in [-0.4, -0.2) is 96.1 Å². The van der Waals surface area contributed by atoms with E-state index in [0.717, 1.165) is 33.4 Å². The molecule has 6 unspecified atom stereocenters. The van der Waals surface area contributed by atoms with Crippen LogP contribution < -0.4 is 21.3 Å². The molecule has 0 aliphatic heterocycles. The van der Waals surface area contributed by atoms with E-state index >= 15 is 0 Å². The lowest BCUT2D eigenvalue weighted by molar-refractivity contribution is -0.157. The van der Waals surface area contributed by atoms with Gasteiger partial charge in [0.2, 0.25) is 0 Å². The average Bonchev–Trinajstić information content (AvgIpc) is 1.51. The summed E-state index contributed by atoms with van der Waals surface area (Å²) in [5.74, 6) is -2.97. The number of ketones is 2. The van der Waals surface area contributed by atoms with E-state index in [1.54, 1.807) is 13.8 Å². The Labute approximate surface area is 539 Å². The van der Waals surface area contributed by atoms with Crippen molar-refractivity contribution in [1.82, 2.24) is 21.3 Å². The van der Waals surface area contributed by atoms with E-state index in [0.29, 0.717) is 49.7 Å². The molecule has 0 radical (unpaired) electrons. The van der Waals surface area contributed by atoms with Crippen LogP contribution >= 0.6 is 0 Å². The van der Waals surface area contributed by atoms with Crippen molar-refractivity contribution in [3.05, 3.63) is 130 Å². The Balaban J connectivity index is 1.99. The Hall–Kier alpha value is -7.10. The molecule has 2 rings (SSSR count). The number of Topliss-reactive ketones (excluding diaryl/α,β-unsaturated/α-hetero) is 2. The third-order valence-electron chi connectivity index (χ3n) is 16.1. The van der Waals surface area contributed by atoms with E-state index in [1.165, 1.54) is 0 Å². The number of aliphatic carboxylic acids is 2. The molecule has 16 nitrogen and oxygen atoms in total. The maximum atomic E-state index is 13.7. The Morgan fingerprint density at radius 3 is 1.00 bits per heavy atom. The van der Waals surface area contributed by atoms with Gasteiger partial charge in [0.1, 0.15) is 0 Å². The minimum absolute atomic E-state index is 0.0299. The monoisotopic (exact) mass is 1250 g/mol. The summed E-state index contributed by atoms with van der Waals surface area (Å²) in [7, 11) is 0. The summed E-state index contributed by atoms with van der Waals surface area (Å²) in [6.07, 6.45) is 29.5. The molecule has 0 aromatic carbocycles. The lowest BCUT2D eigenvalue weighted by Gasteiger charge is -2.36. The molecule has 500 valence electrons. The molecule has 0 saturated heterocycles. The molecule has 0 heterocycles. The quantitative estimate of drug-likeness (QED) is 0.0253. The minimum atomic E-state index is -0.913. The van der Waals surface area contributed by atoms with Crippen molar-refractivity contribution in [2.45, 2.75) is 201 Å². The maximum absolute atomic E-state index is 13.7. The molecule has 0 aromatic heterocycles.